The van der Waals surface area contributed by atoms with Crippen LogP contribution in [0.2, 0.25) is 5.02 Å². The summed E-state index contributed by atoms with van der Waals surface area (Å²) in [6.45, 7) is 1.91. The number of hydrogen-bond donors (Lipinski definition) is 1. The summed E-state index contributed by atoms with van der Waals surface area (Å²) in [5, 5.41) is -0.174. The van der Waals surface area contributed by atoms with Gasteiger partial charge in [-0.15, -0.1) is 0 Å². The molecular formula is C13H19ClFN2O2S+. The molecule has 1 heterocycles. The largest absolute Gasteiger partial charge is 0.337 e. The van der Waals surface area contributed by atoms with Crippen molar-refractivity contribution in [1.29, 1.82) is 0 Å². The van der Waals surface area contributed by atoms with Gasteiger partial charge in [-0.05, 0) is 18.2 Å². The minimum atomic E-state index is -3.62. The van der Waals surface area contributed by atoms with Crippen LogP contribution in [0.5, 0.6) is 0 Å². The van der Waals surface area contributed by atoms with Crippen molar-refractivity contribution in [2.45, 2.75) is 23.8 Å². The van der Waals surface area contributed by atoms with Gasteiger partial charge < -0.3 is 4.90 Å². The highest BCUT2D eigenvalue weighted by Crippen LogP contribution is 2.24. The molecule has 1 aliphatic rings. The van der Waals surface area contributed by atoms with E-state index < -0.39 is 15.8 Å². The maximum Gasteiger partial charge on any atom is 0.243 e. The van der Waals surface area contributed by atoms with Crippen LogP contribution in [0.4, 0.5) is 4.39 Å². The standard InChI is InChI=1S/C13H18ClFN2O2S/c1-16-7-5-10(6-8-16)17(2)20(18,19)11-3-4-13(15)12(14)9-11/h3-4,9-10H,5-8H2,1-2H3/p+1. The Morgan fingerprint density at radius 3 is 2.50 bits per heavy atom. The number of nitrogens with zero attached hydrogens (tertiary/aromatic N) is 1. The second kappa shape index (κ2) is 5.97. The SMILES string of the molecule is CN(C1CC[NH+](C)CC1)S(=O)(=O)c1ccc(F)c(Cl)c1. The zero-order valence-electron chi connectivity index (χ0n) is 11.6. The van der Waals surface area contributed by atoms with Gasteiger partial charge in [-0.2, -0.15) is 4.31 Å². The smallest absolute Gasteiger partial charge is 0.243 e. The molecule has 4 nitrogen and oxygen atoms in total. The van der Waals surface area contributed by atoms with E-state index in [0.29, 0.717) is 0 Å². The van der Waals surface area contributed by atoms with Gasteiger partial charge in [0.25, 0.3) is 0 Å². The maximum absolute atomic E-state index is 13.1. The predicted octanol–water partition coefficient (Wildman–Crippen LogP) is 0.777. The lowest BCUT2D eigenvalue weighted by atomic mass is 10.1. The predicted molar refractivity (Wildman–Crippen MR) is 76.0 cm³/mol. The second-order valence-corrected chi connectivity index (χ2v) is 7.69. The van der Waals surface area contributed by atoms with Crippen LogP contribution in [0.25, 0.3) is 0 Å². The highest BCUT2D eigenvalue weighted by molar-refractivity contribution is 7.89. The summed E-state index contributed by atoms with van der Waals surface area (Å²) in [5.41, 5.74) is 0. The van der Waals surface area contributed by atoms with Gasteiger partial charge in [0.1, 0.15) is 5.82 Å². The number of rotatable bonds is 3. The molecule has 2 rings (SSSR count). The third kappa shape index (κ3) is 3.14. The van der Waals surface area contributed by atoms with Crippen molar-refractivity contribution >= 4 is 21.6 Å². The molecule has 1 saturated heterocycles. The Kier molecular flexibility index (Phi) is 4.69. The van der Waals surface area contributed by atoms with Crippen LogP contribution >= 0.6 is 11.6 Å². The molecule has 0 aliphatic carbocycles. The first kappa shape index (κ1) is 15.7. The van der Waals surface area contributed by atoms with Crippen molar-refractivity contribution in [2.75, 3.05) is 27.2 Å². The van der Waals surface area contributed by atoms with E-state index in [2.05, 4.69) is 7.05 Å². The van der Waals surface area contributed by atoms with E-state index in [9.17, 15) is 12.8 Å². The highest BCUT2D eigenvalue weighted by Gasteiger charge is 2.31. The van der Waals surface area contributed by atoms with Gasteiger partial charge in [0.2, 0.25) is 10.0 Å². The van der Waals surface area contributed by atoms with Crippen LogP contribution in [-0.4, -0.2) is 45.9 Å². The molecule has 0 atom stereocenters. The molecule has 20 heavy (non-hydrogen) atoms. The number of benzene rings is 1. The topological polar surface area (TPSA) is 41.8 Å². The number of quaternary nitrogens is 1. The molecule has 0 amide bonds. The first-order chi connectivity index (χ1) is 9.32. The van der Waals surface area contributed by atoms with Crippen molar-refractivity contribution in [3.05, 3.63) is 29.0 Å². The number of hydrogen-bond acceptors (Lipinski definition) is 2. The van der Waals surface area contributed by atoms with E-state index in [1.165, 1.54) is 21.3 Å². The van der Waals surface area contributed by atoms with Gasteiger partial charge in [-0.3, -0.25) is 0 Å². The molecule has 1 aromatic rings. The van der Waals surface area contributed by atoms with Gasteiger partial charge in [0, 0.05) is 25.9 Å². The Morgan fingerprint density at radius 2 is 1.95 bits per heavy atom. The molecule has 1 aromatic carbocycles. The average Bonchev–Trinajstić information content (AvgIpc) is 2.41. The van der Waals surface area contributed by atoms with Crippen molar-refractivity contribution in [1.82, 2.24) is 4.31 Å². The number of sulfonamides is 1. The molecule has 1 fully saturated rings. The second-order valence-electron chi connectivity index (χ2n) is 5.29. The van der Waals surface area contributed by atoms with Crippen LogP contribution in [-0.2, 0) is 10.0 Å². The van der Waals surface area contributed by atoms with Crippen molar-refractivity contribution < 1.29 is 17.7 Å². The minimum Gasteiger partial charge on any atom is -0.337 e. The van der Waals surface area contributed by atoms with Gasteiger partial charge in [0.15, 0.2) is 0 Å². The summed E-state index contributed by atoms with van der Waals surface area (Å²) in [4.78, 5) is 1.45. The molecule has 0 saturated carbocycles. The average molecular weight is 322 g/mol. The van der Waals surface area contributed by atoms with Gasteiger partial charge in [0.05, 0.1) is 30.1 Å². The number of likely N-dealkylation sites (tertiary alicyclic amines) is 1. The van der Waals surface area contributed by atoms with Gasteiger partial charge >= 0.3 is 0 Å². The van der Waals surface area contributed by atoms with E-state index in [4.69, 9.17) is 11.6 Å². The van der Waals surface area contributed by atoms with Crippen molar-refractivity contribution in [2.24, 2.45) is 0 Å². The summed E-state index contributed by atoms with van der Waals surface area (Å²) < 4.78 is 39.6. The van der Waals surface area contributed by atoms with Crippen molar-refractivity contribution in [3.8, 4) is 0 Å². The fourth-order valence-corrected chi connectivity index (χ4v) is 4.15. The first-order valence-electron chi connectivity index (χ1n) is 6.57. The zero-order valence-corrected chi connectivity index (χ0v) is 13.1. The fraction of sp³-hybridized carbons (Fsp3) is 0.538. The normalized spacial score (nSPS) is 24.1. The minimum absolute atomic E-state index is 0.00692. The fourth-order valence-electron chi connectivity index (χ4n) is 2.46. The lowest BCUT2D eigenvalue weighted by molar-refractivity contribution is -0.885. The van der Waals surface area contributed by atoms with Gasteiger partial charge in [-0.25, -0.2) is 12.8 Å². The molecular weight excluding hydrogens is 303 g/mol. The van der Waals surface area contributed by atoms with Crippen molar-refractivity contribution in [3.63, 3.8) is 0 Å². The summed E-state index contributed by atoms with van der Waals surface area (Å²) >= 11 is 5.67. The molecule has 0 radical (unpaired) electrons. The maximum atomic E-state index is 13.1. The molecule has 0 unspecified atom stereocenters. The van der Waals surface area contributed by atoms with E-state index >= 15 is 0 Å². The Hall–Kier alpha value is -0.690. The van der Waals surface area contributed by atoms with Crippen LogP contribution in [0.1, 0.15) is 12.8 Å². The number of halogens is 2. The Morgan fingerprint density at radius 1 is 1.35 bits per heavy atom. The van der Waals surface area contributed by atoms with Crippen LogP contribution < -0.4 is 4.90 Å². The molecule has 1 N–H and O–H groups in total. The van der Waals surface area contributed by atoms with Crippen LogP contribution in [0, 0.1) is 5.82 Å². The number of piperidine rings is 1. The third-order valence-corrected chi connectivity index (χ3v) is 6.09. The first-order valence-corrected chi connectivity index (χ1v) is 8.38. The molecule has 0 aromatic heterocycles. The van der Waals surface area contributed by atoms with E-state index in [1.54, 1.807) is 7.05 Å². The Balaban J connectivity index is 2.23. The Bertz CT molecular complexity index is 586. The van der Waals surface area contributed by atoms with E-state index in [0.717, 1.165) is 32.0 Å². The summed E-state index contributed by atoms with van der Waals surface area (Å²) in [6, 6.07) is 3.51. The number of nitrogens with one attached hydrogen (secondary N) is 1. The molecule has 1 aliphatic heterocycles. The van der Waals surface area contributed by atoms with Gasteiger partial charge in [-0.1, -0.05) is 11.6 Å². The third-order valence-electron chi connectivity index (χ3n) is 3.89. The molecule has 112 valence electrons. The molecule has 7 heteroatoms. The molecule has 0 bridgehead atoms. The van der Waals surface area contributed by atoms with Crippen LogP contribution in [0.15, 0.2) is 23.1 Å². The summed E-state index contributed by atoms with van der Waals surface area (Å²) in [7, 11) is 0.0605. The van der Waals surface area contributed by atoms with E-state index in [1.807, 2.05) is 0 Å². The van der Waals surface area contributed by atoms with E-state index in [-0.39, 0.29) is 16.0 Å². The lowest BCUT2D eigenvalue weighted by Gasteiger charge is -2.32. The zero-order chi connectivity index (χ0) is 14.9. The highest BCUT2D eigenvalue weighted by atomic mass is 35.5. The Labute approximate surface area is 124 Å². The molecule has 0 spiro atoms. The lowest BCUT2D eigenvalue weighted by Crippen LogP contribution is -3.10. The summed E-state index contributed by atoms with van der Waals surface area (Å²) in [6.07, 6.45) is 1.66. The summed E-state index contributed by atoms with van der Waals surface area (Å²) in [5.74, 6) is -0.615. The van der Waals surface area contributed by atoms with Crippen LogP contribution in [0.3, 0.4) is 0 Å². The monoisotopic (exact) mass is 321 g/mol. The quantitative estimate of drug-likeness (QED) is 0.894.